The summed E-state index contributed by atoms with van der Waals surface area (Å²) < 4.78 is 24.9. The average Bonchev–Trinajstić information content (AvgIpc) is 2.89. The van der Waals surface area contributed by atoms with Crippen molar-refractivity contribution in [3.8, 4) is 0 Å². The van der Waals surface area contributed by atoms with Crippen molar-refractivity contribution < 1.29 is 18.5 Å². The lowest BCUT2D eigenvalue weighted by atomic mass is 9.97. The van der Waals surface area contributed by atoms with Gasteiger partial charge in [-0.25, -0.2) is 4.57 Å². The number of hydrogen-bond acceptors (Lipinski definition) is 4. The number of hydrogen-bond donors (Lipinski definition) is 0. The molecule has 0 unspecified atom stereocenters. The summed E-state index contributed by atoms with van der Waals surface area (Å²) in [7, 11) is -4.87. The second kappa shape index (κ2) is 9.59. The summed E-state index contributed by atoms with van der Waals surface area (Å²) in [6, 6.07) is 30.5. The van der Waals surface area contributed by atoms with Gasteiger partial charge in [0.15, 0.2) is 0 Å². The zero-order valence-electron chi connectivity index (χ0n) is 19.8. The highest BCUT2D eigenvalue weighted by molar-refractivity contribution is 7.46. The number of fused-ring (bicyclic) bond motifs is 4. The first-order chi connectivity index (χ1) is 18.1. The van der Waals surface area contributed by atoms with Gasteiger partial charge in [-0.15, -0.1) is 0 Å². The van der Waals surface area contributed by atoms with E-state index in [1.807, 2.05) is 121 Å². The van der Waals surface area contributed by atoms with Crippen molar-refractivity contribution in [3.63, 3.8) is 0 Å². The standard InChI is InChI=1S/C32H23O4P/c33-37(34,35-31-21-27-13-3-1-9-23(27)17-19-25-11-5-7-15-29(25)31)36-32-22-28-14-4-2-10-24(28)18-20-26-12-6-8-16-30(26)32/h1-22H,(H,33,34)/p-1/b19-17-,20-18-,23-17?,24-18?,25-19?,26-20?,27-21?,28-22?,31-21+,31-29?,32-22+,32-30?. The van der Waals surface area contributed by atoms with Crippen LogP contribution >= 0.6 is 7.82 Å². The molecule has 0 saturated carbocycles. The van der Waals surface area contributed by atoms with Crippen molar-refractivity contribution in [2.24, 2.45) is 0 Å². The van der Waals surface area contributed by atoms with Crippen LogP contribution in [0.25, 0.3) is 48.0 Å². The first-order valence-corrected chi connectivity index (χ1v) is 13.4. The molecule has 0 radical (unpaired) electrons. The zero-order chi connectivity index (χ0) is 25.2. The number of phosphoric acid groups is 1. The smallest absolute Gasteiger partial charge is 0.372 e. The molecule has 0 bridgehead atoms. The average molecular weight is 501 g/mol. The van der Waals surface area contributed by atoms with Gasteiger partial charge in [0.1, 0.15) is 11.5 Å². The van der Waals surface area contributed by atoms with E-state index in [9.17, 15) is 9.46 Å². The Morgan fingerprint density at radius 2 is 0.784 bits per heavy atom. The Bertz CT molecular complexity index is 1550. The van der Waals surface area contributed by atoms with E-state index < -0.39 is 7.82 Å². The predicted octanol–water partition coefficient (Wildman–Crippen LogP) is 7.85. The highest BCUT2D eigenvalue weighted by Crippen LogP contribution is 2.49. The molecule has 4 aromatic rings. The lowest BCUT2D eigenvalue weighted by Gasteiger charge is -2.28. The fourth-order valence-electron chi connectivity index (χ4n) is 4.53. The van der Waals surface area contributed by atoms with E-state index >= 15 is 0 Å². The Morgan fingerprint density at radius 1 is 0.459 bits per heavy atom. The van der Waals surface area contributed by atoms with Crippen LogP contribution in [0, 0.1) is 0 Å². The molecular formula is C32H22O4P-. The molecule has 0 aromatic heterocycles. The van der Waals surface area contributed by atoms with E-state index in [-0.39, 0.29) is 11.5 Å². The van der Waals surface area contributed by atoms with Crippen LogP contribution in [0.2, 0.25) is 0 Å². The molecule has 180 valence electrons. The summed E-state index contributed by atoms with van der Waals surface area (Å²) in [5.41, 5.74) is 6.62. The Hall–Kier alpha value is -4.37. The lowest BCUT2D eigenvalue weighted by molar-refractivity contribution is -0.213. The van der Waals surface area contributed by atoms with Crippen molar-refractivity contribution in [1.82, 2.24) is 0 Å². The molecule has 6 rings (SSSR count). The second-order valence-electron chi connectivity index (χ2n) is 8.75. The Morgan fingerprint density at radius 3 is 1.22 bits per heavy atom. The third kappa shape index (κ3) is 4.85. The van der Waals surface area contributed by atoms with Gasteiger partial charge in [0.25, 0.3) is 0 Å². The molecule has 0 atom stereocenters. The molecule has 2 aliphatic rings. The van der Waals surface area contributed by atoms with Gasteiger partial charge in [0.05, 0.1) is 0 Å². The Balaban J connectivity index is 1.41. The van der Waals surface area contributed by atoms with Gasteiger partial charge in [0, 0.05) is 11.1 Å². The van der Waals surface area contributed by atoms with Crippen molar-refractivity contribution in [2.75, 3.05) is 0 Å². The van der Waals surface area contributed by atoms with Crippen LogP contribution in [0.1, 0.15) is 44.5 Å². The van der Waals surface area contributed by atoms with Crippen LogP contribution in [0.5, 0.6) is 0 Å². The second-order valence-corrected chi connectivity index (χ2v) is 10.0. The molecule has 2 aliphatic carbocycles. The summed E-state index contributed by atoms with van der Waals surface area (Å²) in [6.45, 7) is 0. The minimum absolute atomic E-state index is 0.200. The van der Waals surface area contributed by atoms with Crippen LogP contribution in [0.15, 0.2) is 97.1 Å². The molecule has 0 heterocycles. The summed E-state index contributed by atoms with van der Waals surface area (Å²) in [5.74, 6) is 0.400. The van der Waals surface area contributed by atoms with Crippen molar-refractivity contribution >= 4 is 55.8 Å². The number of phosphoric ester groups is 1. The number of rotatable bonds is 4. The zero-order valence-corrected chi connectivity index (χ0v) is 20.7. The molecule has 0 N–H and O–H groups in total. The van der Waals surface area contributed by atoms with Crippen LogP contribution in [-0.4, -0.2) is 0 Å². The fraction of sp³-hybridized carbons (Fsp3) is 0. The SMILES string of the molecule is O=P([O-])(O/C1=C/c2ccccc2/C=C\c2ccccc21)O/C1=C/c2ccccc2/C=C\c2ccccc21. The minimum atomic E-state index is -4.87. The van der Waals surface area contributed by atoms with Crippen molar-refractivity contribution in [3.05, 3.63) is 142 Å². The quantitative estimate of drug-likeness (QED) is 0.267. The lowest BCUT2D eigenvalue weighted by Crippen LogP contribution is -2.09. The molecule has 0 saturated heterocycles. The van der Waals surface area contributed by atoms with Crippen LogP contribution < -0.4 is 4.89 Å². The van der Waals surface area contributed by atoms with Gasteiger partial charge >= 0.3 is 7.82 Å². The van der Waals surface area contributed by atoms with E-state index in [0.717, 1.165) is 33.4 Å². The van der Waals surface area contributed by atoms with E-state index in [1.54, 1.807) is 12.2 Å². The maximum absolute atomic E-state index is 13.5. The topological polar surface area (TPSA) is 58.6 Å². The summed E-state index contributed by atoms with van der Waals surface area (Å²) in [6.07, 6.45) is 11.4. The minimum Gasteiger partial charge on any atom is -0.736 e. The highest BCUT2D eigenvalue weighted by atomic mass is 31.2. The van der Waals surface area contributed by atoms with Gasteiger partial charge in [-0.05, 0) is 45.5 Å². The Kier molecular flexibility index (Phi) is 5.97. The van der Waals surface area contributed by atoms with Crippen LogP contribution in [0.3, 0.4) is 0 Å². The molecule has 37 heavy (non-hydrogen) atoms. The maximum atomic E-state index is 13.5. The normalized spacial score (nSPS) is 18.3. The van der Waals surface area contributed by atoms with Crippen LogP contribution in [-0.2, 0) is 13.6 Å². The highest BCUT2D eigenvalue weighted by Gasteiger charge is 2.22. The summed E-state index contributed by atoms with van der Waals surface area (Å²) in [5, 5.41) is 0. The predicted molar refractivity (Wildman–Crippen MR) is 149 cm³/mol. The first-order valence-electron chi connectivity index (χ1n) is 11.9. The molecule has 0 amide bonds. The summed E-state index contributed by atoms with van der Waals surface area (Å²) in [4.78, 5) is 13.5. The van der Waals surface area contributed by atoms with Crippen molar-refractivity contribution in [2.45, 2.75) is 0 Å². The molecule has 0 aliphatic heterocycles. The van der Waals surface area contributed by atoms with Gasteiger partial charge in [-0.1, -0.05) is 121 Å². The first kappa shape index (κ1) is 23.1. The summed E-state index contributed by atoms with van der Waals surface area (Å²) >= 11 is 0. The molecular weight excluding hydrogens is 479 g/mol. The van der Waals surface area contributed by atoms with Gasteiger partial charge < -0.3 is 13.9 Å². The molecule has 4 aromatic carbocycles. The van der Waals surface area contributed by atoms with Gasteiger partial charge in [0.2, 0.25) is 0 Å². The largest absolute Gasteiger partial charge is 0.736 e. The van der Waals surface area contributed by atoms with Gasteiger partial charge in [-0.3, -0.25) is 0 Å². The third-order valence-electron chi connectivity index (χ3n) is 6.32. The molecule has 4 nitrogen and oxygen atoms in total. The Labute approximate surface area is 215 Å². The fourth-order valence-corrected chi connectivity index (χ4v) is 5.35. The molecule has 0 fully saturated rings. The van der Waals surface area contributed by atoms with E-state index in [2.05, 4.69) is 0 Å². The monoisotopic (exact) mass is 501 g/mol. The van der Waals surface area contributed by atoms with Crippen LogP contribution in [0.4, 0.5) is 0 Å². The number of benzene rings is 4. The molecule has 5 heteroatoms. The van der Waals surface area contributed by atoms with Crippen molar-refractivity contribution in [1.29, 1.82) is 0 Å². The van der Waals surface area contributed by atoms with E-state index in [1.165, 1.54) is 0 Å². The maximum Gasteiger partial charge on any atom is 0.372 e. The molecule has 0 spiro atoms. The third-order valence-corrected chi connectivity index (χ3v) is 7.16. The van der Waals surface area contributed by atoms with E-state index in [0.29, 0.717) is 11.1 Å². The van der Waals surface area contributed by atoms with E-state index in [4.69, 9.17) is 9.05 Å². The van der Waals surface area contributed by atoms with Gasteiger partial charge in [-0.2, -0.15) is 0 Å².